The fourth-order valence-corrected chi connectivity index (χ4v) is 2.49. The van der Waals surface area contributed by atoms with E-state index in [1.54, 1.807) is 0 Å². The number of aliphatic carboxylic acids is 1. The standard InChI is InChI=1S/C15H28N2O3/c1-4-15(2,3)10-16-14(20)17-12(13(18)19)11-8-6-5-7-9-11/h11-12H,4-10H2,1-3H3,(H,18,19)(H2,16,17,20). The van der Waals surface area contributed by atoms with E-state index < -0.39 is 12.0 Å². The van der Waals surface area contributed by atoms with Crippen LogP contribution in [0.4, 0.5) is 4.79 Å². The van der Waals surface area contributed by atoms with Crippen molar-refractivity contribution < 1.29 is 14.7 Å². The lowest BCUT2D eigenvalue weighted by atomic mass is 9.84. The molecule has 1 fully saturated rings. The molecule has 1 saturated carbocycles. The van der Waals surface area contributed by atoms with Gasteiger partial charge in [-0.3, -0.25) is 0 Å². The Balaban J connectivity index is 2.48. The van der Waals surface area contributed by atoms with Gasteiger partial charge >= 0.3 is 12.0 Å². The Morgan fingerprint density at radius 1 is 1.25 bits per heavy atom. The van der Waals surface area contributed by atoms with Gasteiger partial charge in [-0.15, -0.1) is 0 Å². The number of carboxylic acids is 1. The van der Waals surface area contributed by atoms with E-state index in [2.05, 4.69) is 31.4 Å². The lowest BCUT2D eigenvalue weighted by Gasteiger charge is -2.29. The quantitative estimate of drug-likeness (QED) is 0.701. The Morgan fingerprint density at radius 2 is 1.85 bits per heavy atom. The van der Waals surface area contributed by atoms with Crippen LogP contribution in [0.2, 0.25) is 0 Å². The summed E-state index contributed by atoms with van der Waals surface area (Å²) in [6, 6.07) is -1.13. The minimum absolute atomic E-state index is 0.0287. The number of rotatable bonds is 6. The molecule has 0 saturated heterocycles. The molecule has 1 atom stereocenters. The van der Waals surface area contributed by atoms with Crippen LogP contribution in [-0.2, 0) is 4.79 Å². The van der Waals surface area contributed by atoms with Crippen molar-refractivity contribution in [1.82, 2.24) is 10.6 Å². The molecule has 0 aromatic heterocycles. The summed E-state index contributed by atoms with van der Waals surface area (Å²) in [5.74, 6) is -0.868. The zero-order chi connectivity index (χ0) is 15.2. The molecule has 1 rings (SSSR count). The van der Waals surface area contributed by atoms with E-state index in [4.69, 9.17) is 0 Å². The lowest BCUT2D eigenvalue weighted by Crippen LogP contribution is -2.51. The second-order valence-electron chi connectivity index (χ2n) is 6.56. The van der Waals surface area contributed by atoms with E-state index in [9.17, 15) is 14.7 Å². The predicted octanol–water partition coefficient (Wildman–Crippen LogP) is 2.76. The average Bonchev–Trinajstić information content (AvgIpc) is 2.43. The van der Waals surface area contributed by atoms with Gasteiger partial charge in [-0.2, -0.15) is 0 Å². The number of nitrogens with one attached hydrogen (secondary N) is 2. The molecule has 1 aliphatic rings. The summed E-state index contributed by atoms with van der Waals surface area (Å²) in [4.78, 5) is 23.2. The molecule has 3 N–H and O–H groups in total. The van der Waals surface area contributed by atoms with Crippen molar-refractivity contribution >= 4 is 12.0 Å². The SMILES string of the molecule is CCC(C)(C)CNC(=O)NC(C(=O)O)C1CCCCC1. The molecule has 0 aromatic rings. The van der Waals surface area contributed by atoms with Crippen molar-refractivity contribution in [1.29, 1.82) is 0 Å². The Hall–Kier alpha value is -1.26. The molecule has 0 radical (unpaired) electrons. The van der Waals surface area contributed by atoms with Crippen LogP contribution in [0.5, 0.6) is 0 Å². The highest BCUT2D eigenvalue weighted by molar-refractivity contribution is 5.82. The van der Waals surface area contributed by atoms with Crippen molar-refractivity contribution in [2.75, 3.05) is 6.54 Å². The van der Waals surface area contributed by atoms with Crippen molar-refractivity contribution in [2.24, 2.45) is 11.3 Å². The maximum atomic E-state index is 11.9. The van der Waals surface area contributed by atoms with Crippen LogP contribution in [0.15, 0.2) is 0 Å². The highest BCUT2D eigenvalue weighted by Gasteiger charge is 2.30. The van der Waals surface area contributed by atoms with Crippen LogP contribution in [0.1, 0.15) is 59.3 Å². The van der Waals surface area contributed by atoms with Crippen LogP contribution in [-0.4, -0.2) is 29.7 Å². The normalized spacial score (nSPS) is 18.4. The first-order valence-electron chi connectivity index (χ1n) is 7.63. The molecule has 0 heterocycles. The third-order valence-corrected chi connectivity index (χ3v) is 4.36. The molecule has 2 amide bonds. The zero-order valence-electron chi connectivity index (χ0n) is 12.9. The van der Waals surface area contributed by atoms with Gasteiger partial charge in [-0.05, 0) is 30.6 Å². The summed E-state index contributed by atoms with van der Waals surface area (Å²) in [6.45, 7) is 6.76. The summed E-state index contributed by atoms with van der Waals surface area (Å²) in [5.41, 5.74) is 0.0287. The van der Waals surface area contributed by atoms with Gasteiger partial charge in [0.15, 0.2) is 0 Å². The minimum atomic E-state index is -0.929. The highest BCUT2D eigenvalue weighted by Crippen LogP contribution is 2.26. The third-order valence-electron chi connectivity index (χ3n) is 4.36. The minimum Gasteiger partial charge on any atom is -0.480 e. The van der Waals surface area contributed by atoms with E-state index in [0.717, 1.165) is 32.1 Å². The van der Waals surface area contributed by atoms with Gasteiger partial charge in [-0.25, -0.2) is 9.59 Å². The topological polar surface area (TPSA) is 78.4 Å². The Kier molecular flexibility index (Phi) is 6.30. The Bertz CT molecular complexity index is 336. The van der Waals surface area contributed by atoms with Crippen molar-refractivity contribution in [3.05, 3.63) is 0 Å². The third kappa shape index (κ3) is 5.39. The Morgan fingerprint density at radius 3 is 2.35 bits per heavy atom. The van der Waals surface area contributed by atoms with Gasteiger partial charge in [0.05, 0.1) is 0 Å². The summed E-state index contributed by atoms with van der Waals surface area (Å²) in [6.07, 6.45) is 6.01. The smallest absolute Gasteiger partial charge is 0.326 e. The number of carbonyl (C=O) groups excluding carboxylic acids is 1. The van der Waals surface area contributed by atoms with Gasteiger partial charge in [0.25, 0.3) is 0 Å². The molecule has 0 bridgehead atoms. The van der Waals surface area contributed by atoms with Crippen LogP contribution in [0.25, 0.3) is 0 Å². The van der Waals surface area contributed by atoms with Gasteiger partial charge in [0.2, 0.25) is 0 Å². The maximum Gasteiger partial charge on any atom is 0.326 e. The molecule has 0 spiro atoms. The molecule has 5 heteroatoms. The zero-order valence-corrected chi connectivity index (χ0v) is 12.9. The number of hydrogen-bond acceptors (Lipinski definition) is 2. The van der Waals surface area contributed by atoms with Gasteiger partial charge in [-0.1, -0.05) is 40.0 Å². The van der Waals surface area contributed by atoms with Crippen molar-refractivity contribution in [3.8, 4) is 0 Å². The number of amides is 2. The molecule has 0 aromatic carbocycles. The van der Waals surface area contributed by atoms with Gasteiger partial charge < -0.3 is 15.7 Å². The van der Waals surface area contributed by atoms with Gasteiger partial charge in [0, 0.05) is 6.54 Å². The highest BCUT2D eigenvalue weighted by atomic mass is 16.4. The molecule has 116 valence electrons. The van der Waals surface area contributed by atoms with E-state index in [0.29, 0.717) is 6.54 Å². The lowest BCUT2D eigenvalue weighted by molar-refractivity contribution is -0.141. The van der Waals surface area contributed by atoms with Crippen LogP contribution in [0.3, 0.4) is 0 Å². The number of hydrogen-bond donors (Lipinski definition) is 3. The second-order valence-corrected chi connectivity index (χ2v) is 6.56. The van der Waals surface area contributed by atoms with E-state index in [1.165, 1.54) is 6.42 Å². The van der Waals surface area contributed by atoms with Crippen molar-refractivity contribution in [3.63, 3.8) is 0 Å². The average molecular weight is 284 g/mol. The summed E-state index contributed by atoms with van der Waals surface area (Å²) in [7, 11) is 0. The summed E-state index contributed by atoms with van der Waals surface area (Å²) < 4.78 is 0. The molecule has 0 aliphatic heterocycles. The second kappa shape index (κ2) is 7.50. The van der Waals surface area contributed by atoms with Crippen LogP contribution < -0.4 is 10.6 Å². The molecule has 1 unspecified atom stereocenters. The largest absolute Gasteiger partial charge is 0.480 e. The first-order valence-corrected chi connectivity index (χ1v) is 7.63. The first-order chi connectivity index (χ1) is 9.35. The molecular weight excluding hydrogens is 256 g/mol. The number of urea groups is 1. The molecular formula is C15H28N2O3. The van der Waals surface area contributed by atoms with Crippen LogP contribution in [0, 0.1) is 11.3 Å². The molecule has 20 heavy (non-hydrogen) atoms. The first kappa shape index (κ1) is 16.8. The summed E-state index contributed by atoms with van der Waals surface area (Å²) in [5, 5.41) is 14.7. The van der Waals surface area contributed by atoms with Crippen molar-refractivity contribution in [2.45, 2.75) is 65.3 Å². The molecule has 1 aliphatic carbocycles. The Labute approximate surface area is 121 Å². The van der Waals surface area contributed by atoms with Gasteiger partial charge in [0.1, 0.15) is 6.04 Å². The van der Waals surface area contributed by atoms with E-state index in [-0.39, 0.29) is 17.4 Å². The van der Waals surface area contributed by atoms with E-state index >= 15 is 0 Å². The number of carboxylic acid groups (broad SMARTS) is 1. The summed E-state index contributed by atoms with van der Waals surface area (Å²) >= 11 is 0. The fraction of sp³-hybridized carbons (Fsp3) is 0.867. The maximum absolute atomic E-state index is 11.9. The monoisotopic (exact) mass is 284 g/mol. The number of carbonyl (C=O) groups is 2. The predicted molar refractivity (Wildman–Crippen MR) is 78.6 cm³/mol. The van der Waals surface area contributed by atoms with Crippen LogP contribution >= 0.6 is 0 Å². The fourth-order valence-electron chi connectivity index (χ4n) is 2.49. The molecule has 5 nitrogen and oxygen atoms in total. The van der Waals surface area contributed by atoms with E-state index in [1.807, 2.05) is 0 Å².